The van der Waals surface area contributed by atoms with Gasteiger partial charge in [-0.05, 0) is 0 Å². The van der Waals surface area contributed by atoms with Crippen LogP contribution < -0.4 is 0 Å². The average Bonchev–Trinajstić information content (AvgIpc) is 1.96. The molecule has 0 aromatic heterocycles. The van der Waals surface area contributed by atoms with Crippen molar-refractivity contribution in [2.24, 2.45) is 0 Å². The van der Waals surface area contributed by atoms with Crippen LogP contribution in [0.3, 0.4) is 0 Å². The lowest BCUT2D eigenvalue weighted by atomic mass is 10.1. The maximum atomic E-state index is 10.3. The van der Waals surface area contributed by atoms with Crippen LogP contribution in [0.4, 0.5) is 0 Å². The molecule has 1 fully saturated rings. The van der Waals surface area contributed by atoms with Gasteiger partial charge in [-0.2, -0.15) is 4.21 Å². The van der Waals surface area contributed by atoms with Crippen molar-refractivity contribution in [2.45, 2.75) is 5.60 Å². The molecule has 0 spiro atoms. The zero-order chi connectivity index (χ0) is 7.61. The Labute approximate surface area is 60.4 Å². The molecule has 1 saturated heterocycles. The predicted octanol–water partition coefficient (Wildman–Crippen LogP) is -1.66. The Morgan fingerprint density at radius 1 is 1.50 bits per heavy atom. The SMILES string of the molecule is O=S1OCC(O)(CO)CO1. The largest absolute Gasteiger partial charge is 0.393 e. The summed E-state index contributed by atoms with van der Waals surface area (Å²) in [6.07, 6.45) is 0. The maximum Gasteiger partial charge on any atom is 0.304 e. The first-order valence-corrected chi connectivity index (χ1v) is 3.68. The van der Waals surface area contributed by atoms with Crippen LogP contribution >= 0.6 is 0 Å². The minimum absolute atomic E-state index is 0.157. The molecule has 0 unspecified atom stereocenters. The third-order valence-corrected chi connectivity index (χ3v) is 1.76. The second-order valence-electron chi connectivity index (χ2n) is 2.11. The van der Waals surface area contributed by atoms with E-state index in [0.717, 1.165) is 0 Å². The third kappa shape index (κ3) is 1.74. The van der Waals surface area contributed by atoms with E-state index in [2.05, 4.69) is 8.37 Å². The fraction of sp³-hybridized carbons (Fsp3) is 1.00. The van der Waals surface area contributed by atoms with Crippen LogP contribution in [0.1, 0.15) is 0 Å². The molecular formula is C4H8O5S. The van der Waals surface area contributed by atoms with Crippen LogP contribution in [0, 0.1) is 0 Å². The van der Waals surface area contributed by atoms with Crippen LogP contribution in [0.25, 0.3) is 0 Å². The van der Waals surface area contributed by atoms with Crippen molar-refractivity contribution in [1.82, 2.24) is 0 Å². The van der Waals surface area contributed by atoms with E-state index in [1.165, 1.54) is 0 Å². The zero-order valence-electron chi connectivity index (χ0n) is 5.15. The second kappa shape index (κ2) is 2.93. The Hall–Kier alpha value is -0.0100. The van der Waals surface area contributed by atoms with E-state index in [9.17, 15) is 4.21 Å². The molecule has 1 aliphatic rings. The number of hydrogen-bond acceptors (Lipinski definition) is 5. The number of rotatable bonds is 1. The highest BCUT2D eigenvalue weighted by atomic mass is 32.2. The maximum absolute atomic E-state index is 10.3. The molecule has 1 aliphatic heterocycles. The van der Waals surface area contributed by atoms with Crippen molar-refractivity contribution < 1.29 is 22.8 Å². The zero-order valence-corrected chi connectivity index (χ0v) is 5.97. The summed E-state index contributed by atoms with van der Waals surface area (Å²) in [6.45, 7) is -0.767. The van der Waals surface area contributed by atoms with E-state index >= 15 is 0 Å². The van der Waals surface area contributed by atoms with Crippen LogP contribution in [0.2, 0.25) is 0 Å². The summed E-state index contributed by atoms with van der Waals surface area (Å²) < 4.78 is 19.2. The van der Waals surface area contributed by atoms with E-state index < -0.39 is 23.6 Å². The molecular weight excluding hydrogens is 160 g/mol. The van der Waals surface area contributed by atoms with Gasteiger partial charge in [-0.1, -0.05) is 0 Å². The van der Waals surface area contributed by atoms with Crippen molar-refractivity contribution in [2.75, 3.05) is 19.8 Å². The standard InChI is InChI=1S/C4H8O5S/c5-1-4(6)2-8-10(7)9-3-4/h5-6H,1-3H2. The Bertz CT molecular complexity index is 137. The van der Waals surface area contributed by atoms with Crippen molar-refractivity contribution >= 4 is 11.4 Å². The number of aliphatic hydroxyl groups is 2. The van der Waals surface area contributed by atoms with E-state index in [0.29, 0.717) is 0 Å². The van der Waals surface area contributed by atoms with Crippen molar-refractivity contribution in [1.29, 1.82) is 0 Å². The normalized spacial score (nSPS) is 41.6. The predicted molar refractivity (Wildman–Crippen MR) is 32.1 cm³/mol. The Balaban J connectivity index is 2.46. The quantitative estimate of drug-likeness (QED) is 0.490. The summed E-state index contributed by atoms with van der Waals surface area (Å²) in [5.41, 5.74) is -1.38. The molecule has 0 radical (unpaired) electrons. The summed E-state index contributed by atoms with van der Waals surface area (Å²) in [6, 6.07) is 0. The fourth-order valence-electron chi connectivity index (χ4n) is 0.483. The third-order valence-electron chi connectivity index (χ3n) is 1.14. The average molecular weight is 168 g/mol. The lowest BCUT2D eigenvalue weighted by Gasteiger charge is -2.27. The molecule has 2 N–H and O–H groups in total. The molecule has 0 atom stereocenters. The highest BCUT2D eigenvalue weighted by Gasteiger charge is 2.33. The van der Waals surface area contributed by atoms with Gasteiger partial charge in [0.05, 0.1) is 19.8 Å². The molecule has 0 aromatic rings. The topological polar surface area (TPSA) is 76.0 Å². The monoisotopic (exact) mass is 168 g/mol. The molecule has 0 saturated carbocycles. The Morgan fingerprint density at radius 3 is 2.40 bits per heavy atom. The van der Waals surface area contributed by atoms with E-state index in [4.69, 9.17) is 10.2 Å². The van der Waals surface area contributed by atoms with Crippen LogP contribution in [0.5, 0.6) is 0 Å². The first-order chi connectivity index (χ1) is 4.66. The van der Waals surface area contributed by atoms with Gasteiger partial charge in [0.25, 0.3) is 0 Å². The summed E-state index contributed by atoms with van der Waals surface area (Å²) in [5.74, 6) is 0. The Morgan fingerprint density at radius 2 is 2.00 bits per heavy atom. The van der Waals surface area contributed by atoms with Crippen molar-refractivity contribution in [3.63, 3.8) is 0 Å². The van der Waals surface area contributed by atoms with E-state index in [1.54, 1.807) is 0 Å². The van der Waals surface area contributed by atoms with Crippen LogP contribution in [-0.4, -0.2) is 39.8 Å². The minimum Gasteiger partial charge on any atom is -0.393 e. The van der Waals surface area contributed by atoms with Gasteiger partial charge in [0.1, 0.15) is 5.60 Å². The first kappa shape index (κ1) is 8.09. The minimum atomic E-state index is -1.76. The van der Waals surface area contributed by atoms with Gasteiger partial charge in [-0.25, -0.2) is 0 Å². The summed E-state index contributed by atoms with van der Waals surface area (Å²) in [5, 5.41) is 17.7. The fourth-order valence-corrected chi connectivity index (χ4v) is 1.18. The molecule has 0 aliphatic carbocycles. The molecule has 5 nitrogen and oxygen atoms in total. The lowest BCUT2D eigenvalue weighted by Crippen LogP contribution is -2.47. The highest BCUT2D eigenvalue weighted by molar-refractivity contribution is 7.75. The van der Waals surface area contributed by atoms with Gasteiger partial charge < -0.3 is 10.2 Å². The highest BCUT2D eigenvalue weighted by Crippen LogP contribution is 2.12. The van der Waals surface area contributed by atoms with Gasteiger partial charge in [0.15, 0.2) is 0 Å². The lowest BCUT2D eigenvalue weighted by molar-refractivity contribution is -0.0921. The molecule has 0 amide bonds. The molecule has 1 heterocycles. The Kier molecular flexibility index (Phi) is 2.37. The van der Waals surface area contributed by atoms with Crippen LogP contribution in [-0.2, 0) is 19.7 Å². The molecule has 60 valence electrons. The van der Waals surface area contributed by atoms with Crippen molar-refractivity contribution in [3.8, 4) is 0 Å². The molecule has 1 rings (SSSR count). The first-order valence-electron chi connectivity index (χ1n) is 2.68. The van der Waals surface area contributed by atoms with E-state index in [1.807, 2.05) is 0 Å². The van der Waals surface area contributed by atoms with Gasteiger partial charge >= 0.3 is 11.4 Å². The van der Waals surface area contributed by atoms with Gasteiger partial charge in [-0.15, -0.1) is 0 Å². The second-order valence-corrected chi connectivity index (χ2v) is 2.99. The molecule has 0 bridgehead atoms. The van der Waals surface area contributed by atoms with Gasteiger partial charge in [0.2, 0.25) is 0 Å². The van der Waals surface area contributed by atoms with E-state index in [-0.39, 0.29) is 13.2 Å². The molecule has 6 heteroatoms. The number of hydrogen-bond donors (Lipinski definition) is 2. The number of aliphatic hydroxyl groups excluding tert-OH is 1. The summed E-state index contributed by atoms with van der Waals surface area (Å²) >= 11 is -1.76. The van der Waals surface area contributed by atoms with Gasteiger partial charge in [0, 0.05) is 0 Å². The molecule has 0 aromatic carbocycles. The summed E-state index contributed by atoms with van der Waals surface area (Å²) in [4.78, 5) is 0. The van der Waals surface area contributed by atoms with Gasteiger partial charge in [-0.3, -0.25) is 8.37 Å². The van der Waals surface area contributed by atoms with Crippen molar-refractivity contribution in [3.05, 3.63) is 0 Å². The smallest absolute Gasteiger partial charge is 0.304 e. The summed E-state index contributed by atoms with van der Waals surface area (Å²) in [7, 11) is 0. The van der Waals surface area contributed by atoms with Crippen LogP contribution in [0.15, 0.2) is 0 Å². The molecule has 10 heavy (non-hydrogen) atoms.